The van der Waals surface area contributed by atoms with E-state index in [2.05, 4.69) is 19.9 Å². The van der Waals surface area contributed by atoms with Gasteiger partial charge in [-0.3, -0.25) is 9.80 Å². The summed E-state index contributed by atoms with van der Waals surface area (Å²) < 4.78 is 98.2. The molecule has 0 N–H and O–H groups in total. The first-order chi connectivity index (χ1) is 19.8. The molecule has 3 heterocycles. The first-order valence-electron chi connectivity index (χ1n) is 11.9. The van der Waals surface area contributed by atoms with Crippen molar-refractivity contribution < 1.29 is 33.7 Å². The van der Waals surface area contributed by atoms with Gasteiger partial charge in [0.05, 0.1) is 22.9 Å². The smallest absolute Gasteiger partial charge is 0.195 e. The van der Waals surface area contributed by atoms with Crippen molar-refractivity contribution in [3.05, 3.63) is 72.1 Å². The fourth-order valence-corrected chi connectivity index (χ4v) is 7.43. The highest BCUT2D eigenvalue weighted by molar-refractivity contribution is 7.93. The zero-order valence-corrected chi connectivity index (χ0v) is 25.3. The molecule has 1 aliphatic heterocycles. The summed E-state index contributed by atoms with van der Waals surface area (Å²) in [6, 6.07) is 16.7. The second-order valence-electron chi connectivity index (χ2n) is 9.11. The van der Waals surface area contributed by atoms with Gasteiger partial charge in [-0.25, -0.2) is 53.6 Å². The molecule has 2 aromatic carbocycles. The number of para-hydroxylation sites is 2. The molecule has 0 fully saturated rings. The molecule has 18 heteroatoms. The van der Waals surface area contributed by atoms with Gasteiger partial charge in [0.2, 0.25) is 0 Å². The van der Waals surface area contributed by atoms with E-state index in [-0.39, 0.29) is 34.7 Å². The van der Waals surface area contributed by atoms with Crippen LogP contribution in [0.2, 0.25) is 0 Å². The molecular formula is C24H22N6O8S4. The van der Waals surface area contributed by atoms with Crippen LogP contribution in [-0.2, 0) is 52.6 Å². The Kier molecular flexibility index (Phi) is 7.73. The third kappa shape index (κ3) is 5.69. The van der Waals surface area contributed by atoms with Crippen LogP contribution < -0.4 is 9.80 Å². The Balaban J connectivity index is 1.98. The van der Waals surface area contributed by atoms with Crippen molar-refractivity contribution in [3.63, 3.8) is 0 Å². The topological polar surface area (TPSA) is 195 Å². The molecule has 0 aliphatic carbocycles. The highest BCUT2D eigenvalue weighted by Gasteiger charge is 2.40. The molecule has 1 aliphatic rings. The largest absolute Gasteiger partial charge is 0.273 e. The van der Waals surface area contributed by atoms with Crippen LogP contribution in [0.25, 0.3) is 0 Å². The van der Waals surface area contributed by atoms with E-state index >= 15 is 0 Å². The van der Waals surface area contributed by atoms with E-state index in [1.54, 1.807) is 60.7 Å². The summed E-state index contributed by atoms with van der Waals surface area (Å²) >= 11 is 0. The van der Waals surface area contributed by atoms with Crippen molar-refractivity contribution in [1.82, 2.24) is 19.9 Å². The maximum atomic E-state index is 12.8. The van der Waals surface area contributed by atoms with E-state index in [9.17, 15) is 33.7 Å². The van der Waals surface area contributed by atoms with E-state index < -0.39 is 62.6 Å². The van der Waals surface area contributed by atoms with Crippen molar-refractivity contribution in [3.8, 4) is 0 Å². The molecule has 0 unspecified atom stereocenters. The molecule has 0 saturated carbocycles. The van der Waals surface area contributed by atoms with Crippen LogP contribution in [0.3, 0.4) is 0 Å². The van der Waals surface area contributed by atoms with Crippen LogP contribution >= 0.6 is 0 Å². The molecule has 0 amide bonds. The SMILES string of the molecule is CS(=O)(=O)c1nc2c(nc1S(C)(=O)=O)N(c1ccccc1)c1nc(C[SH](=O)=O)c(C[SH](=O)=O)nc1N2c1ccccc1. The standard InChI is InChI=1S/C24H22N6O8S4/c1-41(35,36)23-24(42(2,37)38)28-22-21(27-23)29(15-9-5-3-6-10-15)19-20(30(22)16-11-7-4-8-12-16)26-18(14-40(33)34)17(25-19)13-39(31)32/h3-12,39-40H,13-14H2,1-2H3. The van der Waals surface area contributed by atoms with Crippen molar-refractivity contribution >= 4 is 75.7 Å². The van der Waals surface area contributed by atoms with Crippen LogP contribution in [0.4, 0.5) is 34.6 Å². The normalized spacial score (nSPS) is 13.3. The van der Waals surface area contributed by atoms with Crippen molar-refractivity contribution in [2.24, 2.45) is 0 Å². The molecule has 0 atom stereocenters. The highest BCUT2D eigenvalue weighted by Crippen LogP contribution is 2.51. The Morgan fingerprint density at radius 3 is 1.14 bits per heavy atom. The van der Waals surface area contributed by atoms with Gasteiger partial charge >= 0.3 is 0 Å². The van der Waals surface area contributed by atoms with Gasteiger partial charge in [0.25, 0.3) is 0 Å². The van der Waals surface area contributed by atoms with E-state index in [0.717, 1.165) is 12.5 Å². The minimum atomic E-state index is -4.24. The predicted octanol–water partition coefficient (Wildman–Crippen LogP) is 1.55. The second-order valence-corrected chi connectivity index (χ2v) is 14.9. The third-order valence-electron chi connectivity index (χ3n) is 5.95. The lowest BCUT2D eigenvalue weighted by atomic mass is 10.2. The monoisotopic (exact) mass is 650 g/mol. The van der Waals surface area contributed by atoms with Gasteiger partial charge in [0.15, 0.2) is 53.0 Å². The molecule has 14 nitrogen and oxygen atoms in total. The van der Waals surface area contributed by atoms with Gasteiger partial charge in [0.1, 0.15) is 21.4 Å². The molecule has 0 radical (unpaired) electrons. The molecule has 0 spiro atoms. The minimum absolute atomic E-state index is 0.0184. The Morgan fingerprint density at radius 1 is 0.548 bits per heavy atom. The van der Waals surface area contributed by atoms with E-state index in [1.165, 1.54) is 9.80 Å². The number of hydrogen-bond donors (Lipinski definition) is 2. The molecule has 0 bridgehead atoms. The molecule has 5 rings (SSSR count). The molecular weight excluding hydrogens is 629 g/mol. The number of thiol groups is 2. The first kappa shape index (κ1) is 29.5. The quantitative estimate of drug-likeness (QED) is 0.230. The average molecular weight is 651 g/mol. The Morgan fingerprint density at radius 2 is 0.857 bits per heavy atom. The summed E-state index contributed by atoms with van der Waals surface area (Å²) in [7, 11) is -14.6. The number of rotatable bonds is 8. The van der Waals surface area contributed by atoms with Gasteiger partial charge in [-0.15, -0.1) is 0 Å². The molecule has 2 aromatic heterocycles. The molecule has 4 aromatic rings. The summed E-state index contributed by atoms with van der Waals surface area (Å²) in [6.45, 7) is 0. The van der Waals surface area contributed by atoms with Crippen LogP contribution in [0.15, 0.2) is 70.7 Å². The minimum Gasteiger partial charge on any atom is -0.273 e. The van der Waals surface area contributed by atoms with Gasteiger partial charge in [-0.1, -0.05) is 36.4 Å². The fraction of sp³-hybridized carbons (Fsp3) is 0.167. The third-order valence-corrected chi connectivity index (χ3v) is 9.17. The molecule has 0 saturated heterocycles. The second kappa shape index (κ2) is 11.0. The number of anilines is 6. The highest BCUT2D eigenvalue weighted by atomic mass is 32.2. The van der Waals surface area contributed by atoms with Gasteiger partial charge in [-0.05, 0) is 24.3 Å². The Bertz CT molecular complexity index is 1920. The zero-order chi connectivity index (χ0) is 30.4. The summed E-state index contributed by atoms with van der Waals surface area (Å²) in [5.41, 5.74) is 0.488. The van der Waals surface area contributed by atoms with Crippen molar-refractivity contribution in [2.45, 2.75) is 21.6 Å². The van der Waals surface area contributed by atoms with Crippen molar-refractivity contribution in [2.75, 3.05) is 22.3 Å². The number of sulfone groups is 2. The molecule has 42 heavy (non-hydrogen) atoms. The van der Waals surface area contributed by atoms with Crippen LogP contribution in [0.5, 0.6) is 0 Å². The predicted molar refractivity (Wildman–Crippen MR) is 155 cm³/mol. The summed E-state index contributed by atoms with van der Waals surface area (Å²) in [6.07, 6.45) is 1.60. The van der Waals surface area contributed by atoms with Crippen LogP contribution in [0, 0.1) is 0 Å². The maximum Gasteiger partial charge on any atom is 0.195 e. The summed E-state index contributed by atoms with van der Waals surface area (Å²) in [4.78, 5) is 20.4. The zero-order valence-electron chi connectivity index (χ0n) is 21.8. The summed E-state index contributed by atoms with van der Waals surface area (Å²) in [5, 5.41) is -1.59. The fourth-order valence-electron chi connectivity index (χ4n) is 4.30. The van der Waals surface area contributed by atoms with Crippen molar-refractivity contribution in [1.29, 1.82) is 0 Å². The lowest BCUT2D eigenvalue weighted by molar-refractivity contribution is 0.578. The lowest BCUT2D eigenvalue weighted by Crippen LogP contribution is -2.30. The maximum absolute atomic E-state index is 12.8. The van der Waals surface area contributed by atoms with Crippen LogP contribution in [-0.4, -0.2) is 66.1 Å². The number of hydrogen-bond acceptors (Lipinski definition) is 14. The lowest BCUT2D eigenvalue weighted by Gasteiger charge is -2.37. The Labute approximate surface area is 244 Å². The number of benzene rings is 2. The van der Waals surface area contributed by atoms with E-state index in [1.807, 2.05) is 0 Å². The summed E-state index contributed by atoms with van der Waals surface area (Å²) in [5.74, 6) is -1.56. The number of fused-ring (bicyclic) bond motifs is 2. The van der Waals surface area contributed by atoms with Crippen LogP contribution in [0.1, 0.15) is 11.4 Å². The van der Waals surface area contributed by atoms with Gasteiger partial charge in [-0.2, -0.15) is 0 Å². The Hall–Kier alpha value is -4.00. The number of nitrogens with zero attached hydrogens (tertiary/aromatic N) is 6. The van der Waals surface area contributed by atoms with Gasteiger partial charge < -0.3 is 0 Å². The van der Waals surface area contributed by atoms with E-state index in [0.29, 0.717) is 11.4 Å². The van der Waals surface area contributed by atoms with Gasteiger partial charge in [0, 0.05) is 23.9 Å². The number of aromatic nitrogens is 4. The molecule has 220 valence electrons. The average Bonchev–Trinajstić information content (AvgIpc) is 2.91. The first-order valence-corrected chi connectivity index (χ1v) is 18.4. The van der Waals surface area contributed by atoms with E-state index in [4.69, 9.17) is 0 Å².